The number of aromatic nitrogens is 4. The van der Waals surface area contributed by atoms with Crippen molar-refractivity contribution in [2.24, 2.45) is 0 Å². The van der Waals surface area contributed by atoms with Crippen LogP contribution in [0, 0.1) is 6.92 Å². The molecule has 0 radical (unpaired) electrons. The minimum atomic E-state index is -0.624. The van der Waals surface area contributed by atoms with Crippen LogP contribution in [0.25, 0.3) is 0 Å². The summed E-state index contributed by atoms with van der Waals surface area (Å²) in [5.74, 6) is 0.340. The summed E-state index contributed by atoms with van der Waals surface area (Å²) >= 11 is 0. The van der Waals surface area contributed by atoms with Crippen LogP contribution in [0.1, 0.15) is 30.3 Å². The van der Waals surface area contributed by atoms with E-state index in [1.54, 1.807) is 11.8 Å². The molecule has 0 spiro atoms. The van der Waals surface area contributed by atoms with Gasteiger partial charge >= 0.3 is 0 Å². The van der Waals surface area contributed by atoms with Crippen molar-refractivity contribution in [3.8, 4) is 0 Å². The fraction of sp³-hybridized carbons (Fsp3) is 0.471. The van der Waals surface area contributed by atoms with Crippen molar-refractivity contribution in [1.82, 2.24) is 30.6 Å². The molecule has 26 heavy (non-hydrogen) atoms. The maximum absolute atomic E-state index is 12.6. The van der Waals surface area contributed by atoms with Crippen molar-refractivity contribution in [2.75, 3.05) is 19.7 Å². The summed E-state index contributed by atoms with van der Waals surface area (Å²) in [7, 11) is 0. The van der Waals surface area contributed by atoms with E-state index in [9.17, 15) is 9.59 Å². The van der Waals surface area contributed by atoms with Crippen molar-refractivity contribution >= 4 is 11.8 Å². The molecule has 0 aliphatic carbocycles. The quantitative estimate of drug-likeness (QED) is 0.542. The average molecular weight is 358 g/mol. The molecule has 1 aliphatic heterocycles. The Morgan fingerprint density at radius 1 is 1.35 bits per heavy atom. The maximum Gasteiger partial charge on any atom is 0.268 e. The van der Waals surface area contributed by atoms with Crippen LogP contribution >= 0.6 is 0 Å². The van der Waals surface area contributed by atoms with E-state index in [-0.39, 0.29) is 18.4 Å². The zero-order valence-corrected chi connectivity index (χ0v) is 14.7. The van der Waals surface area contributed by atoms with Gasteiger partial charge < -0.3 is 4.90 Å². The van der Waals surface area contributed by atoms with Gasteiger partial charge in [0.1, 0.15) is 11.9 Å². The molecule has 2 heterocycles. The van der Waals surface area contributed by atoms with Gasteiger partial charge in [0.05, 0.1) is 6.61 Å². The third-order valence-corrected chi connectivity index (χ3v) is 4.33. The summed E-state index contributed by atoms with van der Waals surface area (Å²) in [5, 5.41) is 11.4. The minimum absolute atomic E-state index is 0.131. The van der Waals surface area contributed by atoms with Gasteiger partial charge in [-0.2, -0.15) is 0 Å². The zero-order chi connectivity index (χ0) is 18.4. The third kappa shape index (κ3) is 4.42. The van der Waals surface area contributed by atoms with Crippen molar-refractivity contribution in [2.45, 2.75) is 32.2 Å². The van der Waals surface area contributed by atoms with Crippen LogP contribution in [-0.4, -0.2) is 56.6 Å². The molecule has 1 aromatic heterocycles. The van der Waals surface area contributed by atoms with Gasteiger partial charge in [0.25, 0.3) is 5.91 Å². The molecule has 1 saturated heterocycles. The highest BCUT2D eigenvalue weighted by atomic mass is 16.7. The number of nitrogens with one attached hydrogen (secondary N) is 1. The van der Waals surface area contributed by atoms with E-state index >= 15 is 0 Å². The van der Waals surface area contributed by atoms with Gasteiger partial charge in [-0.1, -0.05) is 30.3 Å². The molecule has 1 unspecified atom stereocenters. The number of rotatable bonds is 8. The van der Waals surface area contributed by atoms with Crippen molar-refractivity contribution < 1.29 is 14.4 Å². The Hall–Kier alpha value is -2.81. The summed E-state index contributed by atoms with van der Waals surface area (Å²) in [6, 6.07) is 9.02. The van der Waals surface area contributed by atoms with E-state index in [1.807, 2.05) is 30.3 Å². The Balaban J connectivity index is 1.58. The van der Waals surface area contributed by atoms with Gasteiger partial charge in [0, 0.05) is 25.9 Å². The Morgan fingerprint density at radius 3 is 2.81 bits per heavy atom. The van der Waals surface area contributed by atoms with Crippen LogP contribution in [0.5, 0.6) is 0 Å². The van der Waals surface area contributed by atoms with E-state index in [0.717, 1.165) is 18.5 Å². The second-order valence-electron chi connectivity index (χ2n) is 6.18. The number of aryl methyl sites for hydroxylation is 1. The normalized spacial score (nSPS) is 15.3. The van der Waals surface area contributed by atoms with E-state index in [1.165, 1.54) is 4.68 Å². The van der Waals surface area contributed by atoms with Gasteiger partial charge in [0.15, 0.2) is 0 Å². The summed E-state index contributed by atoms with van der Waals surface area (Å²) in [6.07, 6.45) is 1.90. The molecule has 0 saturated carbocycles. The first-order chi connectivity index (χ1) is 12.6. The van der Waals surface area contributed by atoms with Gasteiger partial charge in [-0.05, 0) is 29.3 Å². The van der Waals surface area contributed by atoms with Gasteiger partial charge in [-0.25, -0.2) is 10.2 Å². The number of nitrogens with zero attached hydrogens (tertiary/aromatic N) is 5. The predicted octanol–water partition coefficient (Wildman–Crippen LogP) is 0.436. The number of carbonyl (C=O) groups excluding carboxylic acids is 2. The number of benzene rings is 1. The molecule has 138 valence electrons. The van der Waals surface area contributed by atoms with Gasteiger partial charge in [-0.3, -0.25) is 14.4 Å². The van der Waals surface area contributed by atoms with E-state index in [2.05, 4.69) is 21.0 Å². The molecule has 3 rings (SSSR count). The van der Waals surface area contributed by atoms with E-state index in [0.29, 0.717) is 25.2 Å². The Bertz CT molecular complexity index is 748. The largest absolute Gasteiger partial charge is 0.340 e. The molecule has 1 aromatic carbocycles. The number of tetrazole rings is 1. The molecular formula is C17H22N6O3. The van der Waals surface area contributed by atoms with Crippen LogP contribution in [0.3, 0.4) is 0 Å². The second kappa shape index (κ2) is 8.52. The Kier molecular flexibility index (Phi) is 5.90. The lowest BCUT2D eigenvalue weighted by molar-refractivity contribution is -0.138. The van der Waals surface area contributed by atoms with E-state index < -0.39 is 6.04 Å². The third-order valence-electron chi connectivity index (χ3n) is 4.33. The molecule has 1 aliphatic rings. The first kappa shape index (κ1) is 18.0. The van der Waals surface area contributed by atoms with Gasteiger partial charge in [0.2, 0.25) is 5.91 Å². The summed E-state index contributed by atoms with van der Waals surface area (Å²) in [5.41, 5.74) is 3.45. The highest BCUT2D eigenvalue weighted by Gasteiger charge is 2.25. The number of carbonyl (C=O) groups is 2. The molecule has 2 amide bonds. The van der Waals surface area contributed by atoms with Crippen LogP contribution in [0.2, 0.25) is 0 Å². The van der Waals surface area contributed by atoms with Crippen molar-refractivity contribution in [1.29, 1.82) is 0 Å². The summed E-state index contributed by atoms with van der Waals surface area (Å²) in [6.45, 7) is 3.19. The van der Waals surface area contributed by atoms with Crippen LogP contribution < -0.4 is 5.48 Å². The highest BCUT2D eigenvalue weighted by molar-refractivity contribution is 5.79. The second-order valence-corrected chi connectivity index (χ2v) is 6.18. The molecule has 9 nitrogen and oxygen atoms in total. The molecule has 1 fully saturated rings. The Labute approximate surface area is 151 Å². The molecule has 1 N–H and O–H groups in total. The number of hydrogen-bond donors (Lipinski definition) is 1. The van der Waals surface area contributed by atoms with E-state index in [4.69, 9.17) is 4.84 Å². The fourth-order valence-corrected chi connectivity index (χ4v) is 2.94. The van der Waals surface area contributed by atoms with Crippen LogP contribution in [-0.2, 0) is 20.8 Å². The monoisotopic (exact) mass is 358 g/mol. The highest BCUT2D eigenvalue weighted by Crippen LogP contribution is 2.15. The number of hydrogen-bond acceptors (Lipinski definition) is 6. The molecule has 0 bridgehead atoms. The average Bonchev–Trinajstić information content (AvgIpc) is 3.25. The molecular weight excluding hydrogens is 336 g/mol. The number of amides is 2. The van der Waals surface area contributed by atoms with Crippen LogP contribution in [0.4, 0.5) is 0 Å². The first-order valence-corrected chi connectivity index (χ1v) is 8.63. The lowest BCUT2D eigenvalue weighted by atomic mass is 10.1. The van der Waals surface area contributed by atoms with Gasteiger partial charge in [-0.15, -0.1) is 5.10 Å². The zero-order valence-electron chi connectivity index (χ0n) is 14.7. The molecule has 1 atom stereocenters. The summed E-state index contributed by atoms with van der Waals surface area (Å²) in [4.78, 5) is 31.2. The van der Waals surface area contributed by atoms with Crippen molar-refractivity contribution in [3.05, 3.63) is 41.7 Å². The van der Waals surface area contributed by atoms with Crippen molar-refractivity contribution in [3.63, 3.8) is 0 Å². The fourth-order valence-electron chi connectivity index (χ4n) is 2.94. The number of likely N-dealkylation sites (tertiary alicyclic amines) is 1. The summed E-state index contributed by atoms with van der Waals surface area (Å²) < 4.78 is 1.48. The standard InChI is InChI=1S/C17H22N6O3/c1-13-18-20-21-23(13)15(12-14-6-3-2-4-7-14)17(25)19-26-11-10-22-9-5-8-16(22)24/h2-4,6-7,15H,5,8-12H2,1H3,(H,19,25). The SMILES string of the molecule is Cc1nnnn1C(Cc1ccccc1)C(=O)NOCCN1CCCC1=O. The predicted molar refractivity (Wildman–Crippen MR) is 91.6 cm³/mol. The van der Waals surface area contributed by atoms with Crippen LogP contribution in [0.15, 0.2) is 30.3 Å². The topological polar surface area (TPSA) is 102 Å². The molecule has 2 aromatic rings. The lowest BCUT2D eigenvalue weighted by Gasteiger charge is -2.19. The maximum atomic E-state index is 12.6. The lowest BCUT2D eigenvalue weighted by Crippen LogP contribution is -2.37. The smallest absolute Gasteiger partial charge is 0.268 e. The Morgan fingerprint density at radius 2 is 2.15 bits per heavy atom. The first-order valence-electron chi connectivity index (χ1n) is 8.63. The molecule has 9 heteroatoms. The number of hydroxylamine groups is 1. The minimum Gasteiger partial charge on any atom is -0.340 e.